The topological polar surface area (TPSA) is 17.1 Å². The van der Waals surface area contributed by atoms with Gasteiger partial charge in [0, 0.05) is 18.4 Å². The van der Waals surface area contributed by atoms with Crippen molar-refractivity contribution in [3.05, 3.63) is 34.9 Å². The van der Waals surface area contributed by atoms with Gasteiger partial charge in [0.15, 0.2) is 5.78 Å². The highest BCUT2D eigenvalue weighted by atomic mass is 16.1. The molecule has 1 heteroatoms. The van der Waals surface area contributed by atoms with Crippen molar-refractivity contribution in [2.75, 3.05) is 0 Å². The summed E-state index contributed by atoms with van der Waals surface area (Å²) in [6, 6.07) is 5.78. The van der Waals surface area contributed by atoms with Crippen LogP contribution in [-0.4, -0.2) is 5.78 Å². The van der Waals surface area contributed by atoms with Gasteiger partial charge < -0.3 is 0 Å². The number of rotatable bonds is 3. The quantitative estimate of drug-likeness (QED) is 0.524. The van der Waals surface area contributed by atoms with E-state index in [2.05, 4.69) is 5.92 Å². The lowest BCUT2D eigenvalue weighted by Gasteiger charge is -2.06. The Morgan fingerprint density at radius 3 is 2.79 bits per heavy atom. The standard InChI is InChI=1S/C13H14O/c1-4-5-9-13(14)12-8-6-7-10(2)11(12)3/h1,6-8H,5,9H2,2-3H3. The Morgan fingerprint density at radius 2 is 2.14 bits per heavy atom. The molecule has 0 fully saturated rings. The first-order valence-corrected chi connectivity index (χ1v) is 4.69. The molecule has 0 N–H and O–H groups in total. The van der Waals surface area contributed by atoms with Gasteiger partial charge in [-0.3, -0.25) is 4.79 Å². The molecular weight excluding hydrogens is 172 g/mol. The summed E-state index contributed by atoms with van der Waals surface area (Å²) in [6.45, 7) is 3.98. The van der Waals surface area contributed by atoms with E-state index < -0.39 is 0 Å². The van der Waals surface area contributed by atoms with Gasteiger partial charge in [-0.15, -0.1) is 12.3 Å². The summed E-state index contributed by atoms with van der Waals surface area (Å²) in [4.78, 5) is 11.7. The van der Waals surface area contributed by atoms with E-state index in [1.807, 2.05) is 32.0 Å². The minimum Gasteiger partial charge on any atom is -0.294 e. The first-order chi connectivity index (χ1) is 6.66. The number of terminal acetylenes is 1. The molecule has 14 heavy (non-hydrogen) atoms. The van der Waals surface area contributed by atoms with Gasteiger partial charge in [-0.05, 0) is 25.0 Å². The fourth-order valence-corrected chi connectivity index (χ4v) is 1.37. The summed E-state index contributed by atoms with van der Waals surface area (Å²) in [5, 5.41) is 0. The second-order valence-corrected chi connectivity index (χ2v) is 3.37. The third-order valence-electron chi connectivity index (χ3n) is 2.40. The van der Waals surface area contributed by atoms with E-state index in [0.717, 1.165) is 16.7 Å². The van der Waals surface area contributed by atoms with Crippen LogP contribution in [0, 0.1) is 26.2 Å². The zero-order chi connectivity index (χ0) is 10.6. The molecule has 0 amide bonds. The van der Waals surface area contributed by atoms with Crippen LogP contribution in [-0.2, 0) is 0 Å². The summed E-state index contributed by atoms with van der Waals surface area (Å²) >= 11 is 0. The van der Waals surface area contributed by atoms with Gasteiger partial charge >= 0.3 is 0 Å². The van der Waals surface area contributed by atoms with Crippen LogP contribution < -0.4 is 0 Å². The zero-order valence-electron chi connectivity index (χ0n) is 8.63. The van der Waals surface area contributed by atoms with Crippen molar-refractivity contribution in [1.82, 2.24) is 0 Å². The monoisotopic (exact) mass is 186 g/mol. The maximum absolute atomic E-state index is 11.7. The maximum Gasteiger partial charge on any atom is 0.164 e. The van der Waals surface area contributed by atoms with Crippen molar-refractivity contribution in [2.24, 2.45) is 0 Å². The van der Waals surface area contributed by atoms with Gasteiger partial charge in [0.1, 0.15) is 0 Å². The van der Waals surface area contributed by atoms with E-state index in [0.29, 0.717) is 12.8 Å². The Bertz CT molecular complexity index is 383. The van der Waals surface area contributed by atoms with E-state index in [4.69, 9.17) is 6.42 Å². The number of Topliss-reactive ketones (excluding diaryl/α,β-unsaturated/α-hetero) is 1. The van der Waals surface area contributed by atoms with Gasteiger partial charge in [-0.1, -0.05) is 18.2 Å². The molecule has 0 atom stereocenters. The van der Waals surface area contributed by atoms with Crippen LogP contribution in [0.5, 0.6) is 0 Å². The first-order valence-electron chi connectivity index (χ1n) is 4.69. The van der Waals surface area contributed by atoms with Crippen LogP contribution in [0.15, 0.2) is 18.2 Å². The zero-order valence-corrected chi connectivity index (χ0v) is 8.63. The Kier molecular flexibility index (Phi) is 3.48. The van der Waals surface area contributed by atoms with Crippen molar-refractivity contribution in [3.63, 3.8) is 0 Å². The first kappa shape index (κ1) is 10.5. The van der Waals surface area contributed by atoms with E-state index in [9.17, 15) is 4.79 Å². The van der Waals surface area contributed by atoms with Gasteiger partial charge in [-0.25, -0.2) is 0 Å². The molecule has 0 heterocycles. The molecule has 1 rings (SSSR count). The molecule has 0 bridgehead atoms. The molecule has 0 aliphatic rings. The lowest BCUT2D eigenvalue weighted by atomic mass is 9.98. The summed E-state index contributed by atoms with van der Waals surface area (Å²) in [7, 11) is 0. The van der Waals surface area contributed by atoms with Crippen molar-refractivity contribution in [3.8, 4) is 12.3 Å². The Hall–Kier alpha value is -1.55. The molecule has 0 radical (unpaired) electrons. The molecule has 0 aromatic heterocycles. The summed E-state index contributed by atoms with van der Waals surface area (Å²) in [5.74, 6) is 2.62. The second kappa shape index (κ2) is 4.62. The Balaban J connectivity index is 2.91. The van der Waals surface area contributed by atoms with Crippen LogP contribution in [0.25, 0.3) is 0 Å². The second-order valence-electron chi connectivity index (χ2n) is 3.37. The minimum atomic E-state index is 0.143. The molecule has 72 valence electrons. The summed E-state index contributed by atoms with van der Waals surface area (Å²) in [5.41, 5.74) is 3.02. The van der Waals surface area contributed by atoms with E-state index >= 15 is 0 Å². The molecular formula is C13H14O. The highest BCUT2D eigenvalue weighted by Crippen LogP contribution is 2.14. The lowest BCUT2D eigenvalue weighted by molar-refractivity contribution is 0.0983. The van der Waals surface area contributed by atoms with Gasteiger partial charge in [-0.2, -0.15) is 0 Å². The summed E-state index contributed by atoms with van der Waals surface area (Å²) < 4.78 is 0. The lowest BCUT2D eigenvalue weighted by Crippen LogP contribution is -2.02. The van der Waals surface area contributed by atoms with Crippen molar-refractivity contribution < 1.29 is 4.79 Å². The summed E-state index contributed by atoms with van der Waals surface area (Å²) in [6.07, 6.45) is 6.09. The molecule has 0 aliphatic carbocycles. The minimum absolute atomic E-state index is 0.143. The normalized spacial score (nSPS) is 9.50. The van der Waals surface area contributed by atoms with Crippen LogP contribution in [0.1, 0.15) is 34.3 Å². The number of carbonyl (C=O) groups is 1. The molecule has 0 saturated carbocycles. The molecule has 1 aromatic rings. The number of benzene rings is 1. The molecule has 0 unspecified atom stereocenters. The van der Waals surface area contributed by atoms with E-state index in [1.165, 1.54) is 0 Å². The third-order valence-corrected chi connectivity index (χ3v) is 2.40. The number of hydrogen-bond acceptors (Lipinski definition) is 1. The van der Waals surface area contributed by atoms with Crippen LogP contribution in [0.2, 0.25) is 0 Å². The van der Waals surface area contributed by atoms with Crippen LogP contribution in [0.3, 0.4) is 0 Å². The van der Waals surface area contributed by atoms with Crippen molar-refractivity contribution in [2.45, 2.75) is 26.7 Å². The highest BCUT2D eigenvalue weighted by Gasteiger charge is 2.08. The largest absolute Gasteiger partial charge is 0.294 e. The maximum atomic E-state index is 11.7. The van der Waals surface area contributed by atoms with Crippen LogP contribution in [0.4, 0.5) is 0 Å². The molecule has 0 saturated heterocycles. The van der Waals surface area contributed by atoms with Crippen molar-refractivity contribution in [1.29, 1.82) is 0 Å². The van der Waals surface area contributed by atoms with Gasteiger partial charge in [0.2, 0.25) is 0 Å². The average molecular weight is 186 g/mol. The predicted molar refractivity (Wildman–Crippen MR) is 58.3 cm³/mol. The molecule has 0 spiro atoms. The Morgan fingerprint density at radius 1 is 1.43 bits per heavy atom. The fraction of sp³-hybridized carbons (Fsp3) is 0.308. The SMILES string of the molecule is C#CCCC(=O)c1cccc(C)c1C. The van der Waals surface area contributed by atoms with Gasteiger partial charge in [0.25, 0.3) is 0 Å². The smallest absolute Gasteiger partial charge is 0.164 e. The molecule has 1 nitrogen and oxygen atoms in total. The number of aryl methyl sites for hydroxylation is 1. The van der Waals surface area contributed by atoms with Crippen molar-refractivity contribution >= 4 is 5.78 Å². The number of ketones is 1. The fourth-order valence-electron chi connectivity index (χ4n) is 1.37. The molecule has 1 aromatic carbocycles. The van der Waals surface area contributed by atoms with E-state index in [-0.39, 0.29) is 5.78 Å². The Labute approximate surface area is 85.1 Å². The van der Waals surface area contributed by atoms with Crippen LogP contribution >= 0.6 is 0 Å². The molecule has 0 aliphatic heterocycles. The number of carbonyl (C=O) groups excluding carboxylic acids is 1. The van der Waals surface area contributed by atoms with Gasteiger partial charge in [0.05, 0.1) is 0 Å². The predicted octanol–water partition coefficient (Wildman–Crippen LogP) is 2.90. The highest BCUT2D eigenvalue weighted by molar-refractivity contribution is 5.97. The number of hydrogen-bond donors (Lipinski definition) is 0. The van der Waals surface area contributed by atoms with E-state index in [1.54, 1.807) is 0 Å². The third kappa shape index (κ3) is 2.23. The average Bonchev–Trinajstić information content (AvgIpc) is 2.18.